The average Bonchev–Trinajstić information content (AvgIpc) is 3.02. The van der Waals surface area contributed by atoms with Crippen LogP contribution in [-0.2, 0) is 20.9 Å². The molecular weight excluding hydrogens is 292 g/mol. The monoisotopic (exact) mass is 316 g/mol. The van der Waals surface area contributed by atoms with Crippen molar-refractivity contribution in [2.75, 3.05) is 33.4 Å². The Kier molecular flexibility index (Phi) is 4.50. The van der Waals surface area contributed by atoms with Crippen LogP contribution in [0.4, 0.5) is 0 Å². The first-order valence-corrected chi connectivity index (χ1v) is 8.14. The molecule has 2 aliphatic rings. The number of hydrogen-bond donors (Lipinski definition) is 0. The molecule has 0 spiro atoms. The smallest absolute Gasteiger partial charge is 0.234 e. The minimum absolute atomic E-state index is 0.0281. The molecule has 0 N–H and O–H groups in total. The van der Waals surface area contributed by atoms with Crippen LogP contribution in [-0.4, -0.2) is 55.0 Å². The minimum Gasteiger partial charge on any atom is -0.383 e. The lowest BCUT2D eigenvalue weighted by atomic mass is 10.00. The molecule has 124 valence electrons. The highest BCUT2D eigenvalue weighted by molar-refractivity contribution is 6.05. The van der Waals surface area contributed by atoms with Gasteiger partial charge in [0.1, 0.15) is 0 Å². The second-order valence-corrected chi connectivity index (χ2v) is 6.65. The van der Waals surface area contributed by atoms with E-state index in [1.165, 1.54) is 21.6 Å². The maximum Gasteiger partial charge on any atom is 0.234 e. The first kappa shape index (κ1) is 16.1. The highest BCUT2D eigenvalue weighted by atomic mass is 16.5. The molecule has 2 heterocycles. The van der Waals surface area contributed by atoms with Crippen LogP contribution < -0.4 is 0 Å². The van der Waals surface area contributed by atoms with Crippen molar-refractivity contribution in [3.8, 4) is 0 Å². The number of carbonyl (C=O) groups is 2. The normalized spacial score (nSPS) is 24.6. The van der Waals surface area contributed by atoms with Crippen molar-refractivity contribution in [1.29, 1.82) is 0 Å². The molecule has 0 radical (unpaired) electrons. The number of aryl methyl sites for hydroxylation is 2. The lowest BCUT2D eigenvalue weighted by Crippen LogP contribution is -2.37. The summed E-state index contributed by atoms with van der Waals surface area (Å²) in [7, 11) is 1.58. The van der Waals surface area contributed by atoms with Crippen molar-refractivity contribution in [2.45, 2.75) is 20.4 Å². The van der Waals surface area contributed by atoms with Crippen molar-refractivity contribution in [3.05, 3.63) is 34.9 Å². The van der Waals surface area contributed by atoms with Gasteiger partial charge in [0.25, 0.3) is 0 Å². The van der Waals surface area contributed by atoms with Gasteiger partial charge in [-0.15, -0.1) is 0 Å². The second-order valence-electron chi connectivity index (χ2n) is 6.65. The minimum atomic E-state index is -0.175. The number of benzene rings is 1. The van der Waals surface area contributed by atoms with E-state index >= 15 is 0 Å². The third-order valence-corrected chi connectivity index (χ3v) is 5.06. The number of rotatable bonds is 5. The molecule has 0 unspecified atom stereocenters. The molecule has 2 saturated heterocycles. The van der Waals surface area contributed by atoms with Crippen LogP contribution in [0.3, 0.4) is 0 Å². The zero-order chi connectivity index (χ0) is 16.6. The van der Waals surface area contributed by atoms with Crippen LogP contribution in [0.1, 0.15) is 16.7 Å². The number of methoxy groups -OCH3 is 1. The molecule has 3 rings (SSSR count). The Balaban J connectivity index is 1.65. The molecule has 23 heavy (non-hydrogen) atoms. The van der Waals surface area contributed by atoms with E-state index in [0.29, 0.717) is 26.2 Å². The Morgan fingerprint density at radius 2 is 1.74 bits per heavy atom. The predicted octanol–water partition coefficient (Wildman–Crippen LogP) is 1.37. The van der Waals surface area contributed by atoms with Gasteiger partial charge in [0.2, 0.25) is 11.8 Å². The van der Waals surface area contributed by atoms with E-state index in [0.717, 1.165) is 6.54 Å². The van der Waals surface area contributed by atoms with E-state index in [4.69, 9.17) is 4.74 Å². The number of nitrogens with zero attached hydrogens (tertiary/aromatic N) is 2. The molecule has 1 aromatic carbocycles. The van der Waals surface area contributed by atoms with Gasteiger partial charge in [-0.25, -0.2) is 0 Å². The van der Waals surface area contributed by atoms with E-state index in [1.807, 2.05) is 0 Å². The van der Waals surface area contributed by atoms with Crippen LogP contribution >= 0.6 is 0 Å². The first-order chi connectivity index (χ1) is 11.0. The topological polar surface area (TPSA) is 49.9 Å². The number of likely N-dealkylation sites (tertiary alicyclic amines) is 2. The summed E-state index contributed by atoms with van der Waals surface area (Å²) in [6, 6.07) is 6.45. The fraction of sp³-hybridized carbons (Fsp3) is 0.556. The Morgan fingerprint density at radius 1 is 1.09 bits per heavy atom. The Bertz CT molecular complexity index is 605. The second kappa shape index (κ2) is 6.42. The number of amides is 2. The van der Waals surface area contributed by atoms with Gasteiger partial charge < -0.3 is 4.74 Å². The van der Waals surface area contributed by atoms with E-state index in [9.17, 15) is 9.59 Å². The Hall–Kier alpha value is -1.72. The number of imide groups is 1. The summed E-state index contributed by atoms with van der Waals surface area (Å²) >= 11 is 0. The molecular formula is C18H24N2O3. The van der Waals surface area contributed by atoms with E-state index in [1.54, 1.807) is 7.11 Å². The fourth-order valence-corrected chi connectivity index (χ4v) is 3.59. The third-order valence-electron chi connectivity index (χ3n) is 5.06. The van der Waals surface area contributed by atoms with Gasteiger partial charge in [0, 0.05) is 26.7 Å². The summed E-state index contributed by atoms with van der Waals surface area (Å²) in [5, 5.41) is 0. The maximum atomic E-state index is 12.4. The van der Waals surface area contributed by atoms with E-state index < -0.39 is 0 Å². The average molecular weight is 316 g/mol. The lowest BCUT2D eigenvalue weighted by molar-refractivity contribution is -0.141. The highest BCUT2D eigenvalue weighted by Crippen LogP contribution is 2.34. The fourth-order valence-electron chi connectivity index (χ4n) is 3.59. The predicted molar refractivity (Wildman–Crippen MR) is 86.8 cm³/mol. The molecule has 2 atom stereocenters. The molecule has 2 fully saturated rings. The molecule has 5 nitrogen and oxygen atoms in total. The van der Waals surface area contributed by atoms with Crippen molar-refractivity contribution in [1.82, 2.24) is 9.80 Å². The number of carbonyl (C=O) groups excluding carboxylic acids is 2. The van der Waals surface area contributed by atoms with Crippen LogP contribution in [0, 0.1) is 25.7 Å². The molecule has 5 heteroatoms. The summed E-state index contributed by atoms with van der Waals surface area (Å²) in [5.41, 5.74) is 3.80. The lowest BCUT2D eigenvalue weighted by Gasteiger charge is -2.20. The molecule has 2 aliphatic heterocycles. The quantitative estimate of drug-likeness (QED) is 0.770. The van der Waals surface area contributed by atoms with Crippen molar-refractivity contribution < 1.29 is 14.3 Å². The first-order valence-electron chi connectivity index (χ1n) is 8.14. The summed E-state index contributed by atoms with van der Waals surface area (Å²) in [6.45, 7) is 7.13. The van der Waals surface area contributed by atoms with Crippen molar-refractivity contribution in [2.24, 2.45) is 11.8 Å². The standard InChI is InChI=1S/C18H24N2O3/c1-12-4-5-14(8-13(12)2)9-19-10-15-16(11-19)18(22)20(17(15)21)6-7-23-3/h4-5,8,15-16H,6-7,9-11H2,1-3H3/t15-,16+. The molecule has 0 aromatic heterocycles. The molecule has 1 aromatic rings. The Labute approximate surface area is 137 Å². The van der Waals surface area contributed by atoms with E-state index in [-0.39, 0.29) is 23.7 Å². The molecule has 0 bridgehead atoms. The van der Waals surface area contributed by atoms with Gasteiger partial charge in [-0.1, -0.05) is 18.2 Å². The van der Waals surface area contributed by atoms with E-state index in [2.05, 4.69) is 36.9 Å². The summed E-state index contributed by atoms with van der Waals surface area (Å²) in [4.78, 5) is 28.5. The van der Waals surface area contributed by atoms with Gasteiger partial charge in [-0.3, -0.25) is 19.4 Å². The van der Waals surface area contributed by atoms with Crippen LogP contribution in [0.2, 0.25) is 0 Å². The highest BCUT2D eigenvalue weighted by Gasteiger charge is 2.51. The summed E-state index contributed by atoms with van der Waals surface area (Å²) < 4.78 is 4.99. The zero-order valence-electron chi connectivity index (χ0n) is 14.0. The molecule has 0 aliphatic carbocycles. The number of ether oxygens (including phenoxy) is 1. The number of fused-ring (bicyclic) bond motifs is 1. The maximum absolute atomic E-state index is 12.4. The van der Waals surface area contributed by atoms with Crippen molar-refractivity contribution >= 4 is 11.8 Å². The van der Waals surface area contributed by atoms with Crippen LogP contribution in [0.25, 0.3) is 0 Å². The third kappa shape index (κ3) is 3.03. The van der Waals surface area contributed by atoms with Gasteiger partial charge in [-0.2, -0.15) is 0 Å². The molecule has 2 amide bonds. The Morgan fingerprint density at radius 3 is 2.30 bits per heavy atom. The van der Waals surface area contributed by atoms with Gasteiger partial charge >= 0.3 is 0 Å². The van der Waals surface area contributed by atoms with Crippen LogP contribution in [0.15, 0.2) is 18.2 Å². The summed E-state index contributed by atoms with van der Waals surface area (Å²) in [5.74, 6) is -0.406. The van der Waals surface area contributed by atoms with Crippen LogP contribution in [0.5, 0.6) is 0 Å². The van der Waals surface area contributed by atoms with Crippen molar-refractivity contribution in [3.63, 3.8) is 0 Å². The summed E-state index contributed by atoms with van der Waals surface area (Å²) in [6.07, 6.45) is 0. The van der Waals surface area contributed by atoms with Gasteiger partial charge in [0.05, 0.1) is 25.0 Å². The zero-order valence-corrected chi connectivity index (χ0v) is 14.0. The number of hydrogen-bond acceptors (Lipinski definition) is 4. The van der Waals surface area contributed by atoms with Gasteiger partial charge in [0.15, 0.2) is 0 Å². The van der Waals surface area contributed by atoms with Gasteiger partial charge in [-0.05, 0) is 30.5 Å². The largest absolute Gasteiger partial charge is 0.383 e. The SMILES string of the molecule is COCCN1C(=O)[C@H]2CN(Cc3ccc(C)c(C)c3)C[C@H]2C1=O. The molecule has 0 saturated carbocycles.